The molecule has 0 aliphatic rings. The molecule has 0 aliphatic carbocycles. The predicted octanol–water partition coefficient (Wildman–Crippen LogP) is 3.20. The Balaban J connectivity index is 3.56. The molecule has 0 saturated carbocycles. The van der Waals surface area contributed by atoms with E-state index in [0.29, 0.717) is 3.54 Å². The van der Waals surface area contributed by atoms with Crippen LogP contribution in [0.15, 0.2) is 0 Å². The molecule has 10 heavy (non-hydrogen) atoms. The summed E-state index contributed by atoms with van der Waals surface area (Å²) in [5, 5.41) is 0. The van der Waals surface area contributed by atoms with Gasteiger partial charge in [-0.05, 0) is 0 Å². The zero-order chi connectivity index (χ0) is 8.41. The summed E-state index contributed by atoms with van der Waals surface area (Å²) in [5.74, 6) is 0. The van der Waals surface area contributed by atoms with Crippen LogP contribution in [0.1, 0.15) is 20.8 Å². The summed E-state index contributed by atoms with van der Waals surface area (Å²) < 4.78 is 2.29. The SMILES string of the molecule is C[C](C)(C)[Mg][CH2][Si](C)(C)C. The topological polar surface area (TPSA) is 0 Å². The van der Waals surface area contributed by atoms with Gasteiger partial charge in [0, 0.05) is 8.07 Å². The third-order valence-corrected chi connectivity index (χ3v) is 10.1. The first-order chi connectivity index (χ1) is 4.21. The van der Waals surface area contributed by atoms with E-state index in [0.717, 1.165) is 0 Å². The van der Waals surface area contributed by atoms with Crippen LogP contribution in [0.25, 0.3) is 0 Å². The second kappa shape index (κ2) is 3.59. The average Bonchev–Trinajstić information content (AvgIpc) is 1.57. The Hall–Kier alpha value is 0.983. The second-order valence-corrected chi connectivity index (χ2v) is 15.4. The molecule has 0 amide bonds. The monoisotopic (exact) mass is 168 g/mol. The Morgan fingerprint density at radius 3 is 1.60 bits per heavy atom. The minimum absolute atomic E-state index is 0.207. The van der Waals surface area contributed by atoms with Gasteiger partial charge in [-0.3, -0.25) is 0 Å². The van der Waals surface area contributed by atoms with Gasteiger partial charge in [-0.25, -0.2) is 0 Å². The van der Waals surface area contributed by atoms with E-state index >= 15 is 0 Å². The molecule has 0 aromatic rings. The molecule has 0 rings (SSSR count). The van der Waals surface area contributed by atoms with Crippen LogP contribution in [0.3, 0.4) is 0 Å². The molecule has 0 N–H and O–H groups in total. The summed E-state index contributed by atoms with van der Waals surface area (Å²) >= 11 is 0.207. The lowest BCUT2D eigenvalue weighted by Gasteiger charge is -2.22. The molecule has 0 aromatic heterocycles. The number of hydrogen-bond donors (Lipinski definition) is 0. The molecule has 0 aromatic carbocycles. The Morgan fingerprint density at radius 1 is 1.10 bits per heavy atom. The molecule has 0 heterocycles. The molecule has 0 fully saturated rings. The zero-order valence-electron chi connectivity index (χ0n) is 8.41. The van der Waals surface area contributed by atoms with Gasteiger partial charge < -0.3 is 0 Å². The van der Waals surface area contributed by atoms with E-state index in [1.54, 1.807) is 4.17 Å². The van der Waals surface area contributed by atoms with Crippen molar-refractivity contribution in [2.75, 3.05) is 0 Å². The van der Waals surface area contributed by atoms with Gasteiger partial charge in [-0.1, -0.05) is 40.4 Å². The summed E-state index contributed by atoms with van der Waals surface area (Å²) in [6, 6.07) is 0. The van der Waals surface area contributed by atoms with Crippen molar-refractivity contribution in [3.8, 4) is 0 Å². The fourth-order valence-corrected chi connectivity index (χ4v) is 6.75. The van der Waals surface area contributed by atoms with E-state index < -0.39 is 8.07 Å². The molecule has 0 saturated heterocycles. The second-order valence-electron chi connectivity index (χ2n) is 5.62. The van der Waals surface area contributed by atoms with Crippen molar-refractivity contribution in [1.82, 2.24) is 0 Å². The quantitative estimate of drug-likeness (QED) is 0.556. The summed E-state index contributed by atoms with van der Waals surface area (Å²) in [6.07, 6.45) is 0. The van der Waals surface area contributed by atoms with Crippen molar-refractivity contribution < 1.29 is 0 Å². The van der Waals surface area contributed by atoms with E-state index in [9.17, 15) is 0 Å². The van der Waals surface area contributed by atoms with Crippen molar-refractivity contribution in [2.45, 2.75) is 48.1 Å². The van der Waals surface area contributed by atoms with Crippen molar-refractivity contribution in [3.63, 3.8) is 0 Å². The van der Waals surface area contributed by atoms with Crippen LogP contribution < -0.4 is 0 Å². The summed E-state index contributed by atoms with van der Waals surface area (Å²) in [7, 11) is -0.705. The summed E-state index contributed by atoms with van der Waals surface area (Å²) in [6.45, 7) is 14.6. The molecule has 0 radical (unpaired) electrons. The first-order valence-electron chi connectivity index (χ1n) is 4.21. The highest BCUT2D eigenvalue weighted by Gasteiger charge is 2.20. The Kier molecular flexibility index (Phi) is 3.94. The first-order valence-corrected chi connectivity index (χ1v) is 9.62. The van der Waals surface area contributed by atoms with Crippen LogP contribution in [0, 0.1) is 0 Å². The van der Waals surface area contributed by atoms with Gasteiger partial charge in [0.15, 0.2) is 0 Å². The predicted molar refractivity (Wildman–Crippen MR) is 53.6 cm³/mol. The molecular weight excluding hydrogens is 148 g/mol. The van der Waals surface area contributed by atoms with Gasteiger partial charge >= 0.3 is 20.4 Å². The van der Waals surface area contributed by atoms with Gasteiger partial charge in [0.05, 0.1) is 0 Å². The van der Waals surface area contributed by atoms with E-state index in [-0.39, 0.29) is 20.4 Å². The van der Waals surface area contributed by atoms with Crippen molar-refractivity contribution in [2.24, 2.45) is 0 Å². The zero-order valence-corrected chi connectivity index (χ0v) is 10.8. The standard InChI is InChI=1S/C4H11Si.C4H9.Mg/c1-5(2,3)4;1-4(2)3;/h1H2,2-4H3;1-3H3;. The molecule has 0 unspecified atom stereocenters. The lowest BCUT2D eigenvalue weighted by Crippen LogP contribution is -2.25. The molecule has 0 aliphatic heterocycles. The Bertz CT molecular complexity index is 82.8. The first kappa shape index (κ1) is 11.0. The highest BCUT2D eigenvalue weighted by Crippen LogP contribution is 2.24. The fraction of sp³-hybridized carbons (Fsp3) is 1.00. The third kappa shape index (κ3) is 8.98. The van der Waals surface area contributed by atoms with Crippen LogP contribution >= 0.6 is 0 Å². The molecule has 58 valence electrons. The maximum Gasteiger partial charge on any atom is 0.369 e. The van der Waals surface area contributed by atoms with Gasteiger partial charge in [0.25, 0.3) is 0 Å². The summed E-state index contributed by atoms with van der Waals surface area (Å²) in [5.41, 5.74) is 0. The van der Waals surface area contributed by atoms with E-state index in [1.165, 1.54) is 0 Å². The van der Waals surface area contributed by atoms with Crippen molar-refractivity contribution in [1.29, 1.82) is 0 Å². The van der Waals surface area contributed by atoms with Crippen LogP contribution in [0.5, 0.6) is 0 Å². The number of hydrogen-bond acceptors (Lipinski definition) is 0. The van der Waals surface area contributed by atoms with Gasteiger partial charge in [-0.15, -0.1) is 7.72 Å². The lowest BCUT2D eigenvalue weighted by atomic mass is 10.2. The fourth-order valence-electron chi connectivity index (χ4n) is 0.750. The van der Waals surface area contributed by atoms with Crippen LogP contribution in [0.4, 0.5) is 0 Å². The summed E-state index contributed by atoms with van der Waals surface area (Å²) in [4.78, 5) is 0. The third-order valence-electron chi connectivity index (χ3n) is 1.62. The van der Waals surface area contributed by atoms with Crippen LogP contribution in [0.2, 0.25) is 27.4 Å². The molecular formula is C8H20MgSi. The van der Waals surface area contributed by atoms with Gasteiger partial charge in [-0.2, -0.15) is 0 Å². The Labute approximate surface area is 76.5 Å². The Morgan fingerprint density at radius 2 is 1.50 bits per heavy atom. The smallest absolute Gasteiger partial charge is 0.149 e. The average molecular weight is 169 g/mol. The van der Waals surface area contributed by atoms with E-state index in [1.807, 2.05) is 0 Å². The van der Waals surface area contributed by atoms with Crippen molar-refractivity contribution in [3.05, 3.63) is 0 Å². The highest BCUT2D eigenvalue weighted by molar-refractivity contribution is 6.83. The number of rotatable bonds is 2. The van der Waals surface area contributed by atoms with Crippen LogP contribution in [-0.4, -0.2) is 28.4 Å². The minimum Gasteiger partial charge on any atom is -0.149 e. The maximum absolute atomic E-state index is 2.48. The largest absolute Gasteiger partial charge is 0.369 e. The van der Waals surface area contributed by atoms with Crippen molar-refractivity contribution >= 4 is 28.4 Å². The van der Waals surface area contributed by atoms with Gasteiger partial charge in [0.1, 0.15) is 0 Å². The highest BCUT2D eigenvalue weighted by atomic mass is 28.3. The lowest BCUT2D eigenvalue weighted by molar-refractivity contribution is 0.753. The maximum atomic E-state index is 2.48. The van der Waals surface area contributed by atoms with Gasteiger partial charge in [0.2, 0.25) is 0 Å². The molecule has 0 bridgehead atoms. The minimum atomic E-state index is -0.705. The van der Waals surface area contributed by atoms with E-state index in [4.69, 9.17) is 0 Å². The molecule has 2 heteroatoms. The molecule has 0 spiro atoms. The molecule has 0 nitrogen and oxygen atoms in total. The van der Waals surface area contributed by atoms with E-state index in [2.05, 4.69) is 40.4 Å². The van der Waals surface area contributed by atoms with Crippen LogP contribution in [-0.2, 0) is 0 Å². The molecule has 0 atom stereocenters. The normalized spacial score (nSPS) is 13.0.